The van der Waals surface area contributed by atoms with Crippen molar-refractivity contribution in [2.45, 2.75) is 412 Å². The molecule has 0 aromatic rings. The maximum Gasteiger partial charge on any atom is 0.312 e. The molecule has 0 aliphatic carbocycles. The maximum atomic E-state index is 16.7. The highest BCUT2D eigenvalue weighted by molar-refractivity contribution is 6.35. The maximum absolute atomic E-state index is 16.7. The number of nitrogens with zero attached hydrogens (tertiary/aromatic N) is 6. The van der Waals surface area contributed by atoms with Gasteiger partial charge in [0.05, 0.1) is 26.4 Å². The highest BCUT2D eigenvalue weighted by Crippen LogP contribution is 2.49. The number of hydrogen-bond acceptors (Lipinski definition) is 10. The molecule has 0 unspecified atom stereocenters. The molecule has 12 nitrogen and oxygen atoms in total. The van der Waals surface area contributed by atoms with Gasteiger partial charge in [-0.2, -0.15) is 20.3 Å². The fourth-order valence-electron chi connectivity index (χ4n) is 16.7. The summed E-state index contributed by atoms with van der Waals surface area (Å²) < 4.78 is 0. The van der Waals surface area contributed by atoms with E-state index in [-0.39, 0.29) is 36.0 Å². The minimum Gasteiger partial charge on any atom is -0.328 e. The molecule has 0 spiro atoms. The Morgan fingerprint density at radius 2 is 0.427 bits per heavy atom. The van der Waals surface area contributed by atoms with E-state index in [9.17, 15) is 0 Å². The number of hydrogen-bond donors (Lipinski definition) is 0. The minimum atomic E-state index is -0.408. The Bertz CT molecular complexity index is 1530. The fourth-order valence-corrected chi connectivity index (χ4v) is 16.7. The molecule has 82 heavy (non-hydrogen) atoms. The van der Waals surface area contributed by atoms with Crippen LogP contribution >= 0.6 is 0 Å². The summed E-state index contributed by atoms with van der Waals surface area (Å²) in [6.07, 6.45) is 34.6. The summed E-state index contributed by atoms with van der Waals surface area (Å²) in [6.45, 7) is 48.6. The quantitative estimate of drug-likeness (QED) is 0.0446. The van der Waals surface area contributed by atoms with E-state index in [0.717, 1.165) is 25.7 Å². The number of unbranched alkanes of at least 4 members (excludes halogenated alkanes) is 20. The van der Waals surface area contributed by atoms with Gasteiger partial charge in [-0.15, -0.1) is 0 Å². The molecule has 0 bridgehead atoms. The SMILES string of the molecule is CCCCCCCCON1C(C)(C)CC(N(C(=O)C(=O)N(C2CC(C)(C)N(OCCCCCCCC)C(C)(C)C2)C2CC(C)(C)N(OCCCCCCCC)C(C)(C)C2)C2CC(C)(C)N(OCCCCCCCC)C(C)(C)C2)CC1(C)C. The van der Waals surface area contributed by atoms with E-state index in [1.54, 1.807) is 0 Å². The van der Waals surface area contributed by atoms with E-state index < -0.39 is 44.3 Å². The molecule has 4 rings (SSSR count). The summed E-state index contributed by atoms with van der Waals surface area (Å²) in [7, 11) is 0. The molecule has 4 heterocycles. The van der Waals surface area contributed by atoms with Crippen molar-refractivity contribution in [1.82, 2.24) is 30.1 Å². The first-order valence-electron chi connectivity index (χ1n) is 34.7. The van der Waals surface area contributed by atoms with Crippen LogP contribution < -0.4 is 0 Å². The first kappa shape index (κ1) is 73.1. The monoisotopic (exact) mass is 1160 g/mol. The summed E-state index contributed by atoms with van der Waals surface area (Å²) in [5, 5.41) is 9.07. The van der Waals surface area contributed by atoms with E-state index in [4.69, 9.17) is 19.4 Å². The molecule has 0 saturated carbocycles. The van der Waals surface area contributed by atoms with Crippen LogP contribution in [-0.4, -0.2) is 137 Å². The third-order valence-electron chi connectivity index (χ3n) is 19.4. The normalized spacial score (nSPS) is 23.3. The Kier molecular flexibility index (Phi) is 29.2. The van der Waals surface area contributed by atoms with Crippen LogP contribution in [0.4, 0.5) is 0 Å². The van der Waals surface area contributed by atoms with Crippen LogP contribution in [0.15, 0.2) is 0 Å². The van der Waals surface area contributed by atoms with Crippen LogP contribution in [0.2, 0.25) is 0 Å². The molecule has 4 aliphatic rings. The van der Waals surface area contributed by atoms with Crippen LogP contribution in [-0.2, 0) is 28.9 Å². The van der Waals surface area contributed by atoms with E-state index >= 15 is 9.59 Å². The zero-order chi connectivity index (χ0) is 61.2. The minimum absolute atomic E-state index is 0.195. The van der Waals surface area contributed by atoms with E-state index in [1.165, 1.54) is 128 Å². The Hall–Kier alpha value is -1.38. The Morgan fingerprint density at radius 3 is 0.585 bits per heavy atom. The Balaban J connectivity index is 1.79. The van der Waals surface area contributed by atoms with Crippen molar-refractivity contribution in [3.8, 4) is 0 Å². The first-order valence-corrected chi connectivity index (χ1v) is 34.7. The lowest BCUT2D eigenvalue weighted by atomic mass is 9.74. The van der Waals surface area contributed by atoms with Gasteiger partial charge >= 0.3 is 11.8 Å². The number of amides is 2. The molecule has 0 atom stereocenters. The lowest BCUT2D eigenvalue weighted by Crippen LogP contribution is -2.72. The molecular weight excluding hydrogens is 1020 g/mol. The zero-order valence-electron chi connectivity index (χ0n) is 57.9. The highest BCUT2D eigenvalue weighted by Gasteiger charge is 2.58. The second-order valence-electron chi connectivity index (χ2n) is 31.8. The molecule has 0 N–H and O–H groups in total. The van der Waals surface area contributed by atoms with Gasteiger partial charge in [-0.1, -0.05) is 156 Å². The largest absolute Gasteiger partial charge is 0.328 e. The lowest BCUT2D eigenvalue weighted by molar-refractivity contribution is -0.299. The average Bonchev–Trinajstić information content (AvgIpc) is 2.44. The van der Waals surface area contributed by atoms with Gasteiger partial charge < -0.3 is 9.80 Å². The van der Waals surface area contributed by atoms with Gasteiger partial charge in [-0.25, -0.2) is 0 Å². The van der Waals surface area contributed by atoms with Crippen molar-refractivity contribution < 1.29 is 28.9 Å². The molecule has 4 saturated heterocycles. The number of carbonyl (C=O) groups excluding carboxylic acids is 2. The number of rotatable bonds is 36. The van der Waals surface area contributed by atoms with Crippen molar-refractivity contribution in [2.75, 3.05) is 26.4 Å². The van der Waals surface area contributed by atoms with E-state index in [1.807, 2.05) is 0 Å². The third kappa shape index (κ3) is 20.9. The fraction of sp³-hybridized carbons (Fsp3) is 0.971. The van der Waals surface area contributed by atoms with Crippen molar-refractivity contribution in [2.24, 2.45) is 0 Å². The molecule has 4 aliphatic heterocycles. The van der Waals surface area contributed by atoms with Crippen molar-refractivity contribution >= 4 is 11.8 Å². The molecular formula is C70H136N6O6. The molecule has 0 aromatic carbocycles. The lowest BCUT2D eigenvalue weighted by Gasteiger charge is -2.61. The summed E-state index contributed by atoms with van der Waals surface area (Å²) in [4.78, 5) is 65.1. The molecule has 0 aromatic heterocycles. The predicted molar refractivity (Wildman–Crippen MR) is 343 cm³/mol. The van der Waals surface area contributed by atoms with Gasteiger partial charge in [-0.05, 0) is 188 Å². The van der Waals surface area contributed by atoms with Gasteiger partial charge in [0, 0.05) is 68.5 Å². The van der Waals surface area contributed by atoms with Gasteiger partial charge in [0.1, 0.15) is 0 Å². The van der Waals surface area contributed by atoms with Crippen molar-refractivity contribution in [3.63, 3.8) is 0 Å². The van der Waals surface area contributed by atoms with Crippen LogP contribution in [0.25, 0.3) is 0 Å². The number of carbonyl (C=O) groups is 2. The summed E-state index contributed by atoms with van der Waals surface area (Å²) in [5.74, 6) is -0.684. The average molecular weight is 1160 g/mol. The summed E-state index contributed by atoms with van der Waals surface area (Å²) in [5.41, 5.74) is -3.26. The Labute approximate surface area is 507 Å². The standard InChI is InChI=1S/C70H136N6O6/c1-21-25-29-33-37-41-45-79-73-63(5,6)49-57(50-64(73,7)8)71(58-51-65(9,10)74(66(11,12)52-58)80-46-42-38-34-30-26-22-2)61(77)62(78)72(59-53-67(13,14)75(68(15,16)54-59)81-47-43-39-35-31-27-23-3)60-55-69(17,18)76(70(19,20)56-60)82-48-44-40-36-32-28-24-4/h57-60H,21-56H2,1-20H3. The summed E-state index contributed by atoms with van der Waals surface area (Å²) in [6, 6.07) is -0.779. The second-order valence-corrected chi connectivity index (χ2v) is 31.8. The molecule has 12 heteroatoms. The molecule has 0 radical (unpaired) electrons. The van der Waals surface area contributed by atoms with Gasteiger partial charge in [0.25, 0.3) is 0 Å². The van der Waals surface area contributed by atoms with E-state index in [0.29, 0.717) is 77.8 Å². The number of piperidine rings is 4. The second kappa shape index (κ2) is 32.7. The van der Waals surface area contributed by atoms with E-state index in [2.05, 4.69) is 169 Å². The topological polar surface area (TPSA) is 90.5 Å². The van der Waals surface area contributed by atoms with Crippen molar-refractivity contribution in [3.05, 3.63) is 0 Å². The van der Waals surface area contributed by atoms with Gasteiger partial charge in [0.2, 0.25) is 0 Å². The van der Waals surface area contributed by atoms with Crippen LogP contribution in [0.3, 0.4) is 0 Å². The van der Waals surface area contributed by atoms with Crippen LogP contribution in [0, 0.1) is 0 Å². The van der Waals surface area contributed by atoms with Crippen LogP contribution in [0.1, 0.15) is 344 Å². The first-order chi connectivity index (χ1) is 38.4. The molecule has 4 fully saturated rings. The number of hydroxylamine groups is 8. The predicted octanol–water partition coefficient (Wildman–Crippen LogP) is 17.9. The summed E-state index contributed by atoms with van der Waals surface area (Å²) >= 11 is 0. The molecule has 2 amide bonds. The Morgan fingerprint density at radius 1 is 0.280 bits per heavy atom. The van der Waals surface area contributed by atoms with Crippen molar-refractivity contribution in [1.29, 1.82) is 0 Å². The molecule has 482 valence electrons. The third-order valence-corrected chi connectivity index (χ3v) is 19.4. The van der Waals surface area contributed by atoms with Gasteiger partial charge in [0.15, 0.2) is 0 Å². The van der Waals surface area contributed by atoms with Gasteiger partial charge in [-0.3, -0.25) is 28.9 Å². The zero-order valence-corrected chi connectivity index (χ0v) is 57.9. The highest BCUT2D eigenvalue weighted by atomic mass is 16.7. The van der Waals surface area contributed by atoms with Crippen LogP contribution in [0.5, 0.6) is 0 Å². The smallest absolute Gasteiger partial charge is 0.312 e.